The lowest BCUT2D eigenvalue weighted by atomic mass is 10.0. The van der Waals surface area contributed by atoms with E-state index in [1.165, 1.54) is 6.33 Å². The SMILES string of the molecule is COc1ncnc2c1nc(C(C)Cl)n2C1CCOC(C)C1. The Morgan fingerprint density at radius 3 is 2.95 bits per heavy atom. The second-order valence-electron chi connectivity index (χ2n) is 5.37. The lowest BCUT2D eigenvalue weighted by molar-refractivity contribution is 0.00612. The topological polar surface area (TPSA) is 62.1 Å². The summed E-state index contributed by atoms with van der Waals surface area (Å²) in [4.78, 5) is 13.1. The van der Waals surface area contributed by atoms with Crippen molar-refractivity contribution in [1.82, 2.24) is 19.5 Å². The maximum atomic E-state index is 6.33. The Morgan fingerprint density at radius 1 is 1.48 bits per heavy atom. The third kappa shape index (κ3) is 2.58. The zero-order chi connectivity index (χ0) is 15.0. The molecule has 0 amide bonds. The molecule has 114 valence electrons. The number of ether oxygens (including phenoxy) is 2. The molecular weight excluding hydrogens is 292 g/mol. The highest BCUT2D eigenvalue weighted by Crippen LogP contribution is 2.34. The number of fused-ring (bicyclic) bond motifs is 1. The summed E-state index contributed by atoms with van der Waals surface area (Å²) in [7, 11) is 1.58. The van der Waals surface area contributed by atoms with E-state index in [4.69, 9.17) is 21.1 Å². The Bertz CT molecular complexity index is 643. The van der Waals surface area contributed by atoms with Crippen LogP contribution in [0.3, 0.4) is 0 Å². The van der Waals surface area contributed by atoms with Gasteiger partial charge in [0.05, 0.1) is 18.6 Å². The molecule has 0 N–H and O–H groups in total. The molecule has 21 heavy (non-hydrogen) atoms. The molecule has 0 aliphatic carbocycles. The first-order valence-corrected chi connectivity index (χ1v) is 7.58. The molecular formula is C14H19ClN4O2. The Hall–Kier alpha value is -1.40. The van der Waals surface area contributed by atoms with Gasteiger partial charge in [0, 0.05) is 12.6 Å². The van der Waals surface area contributed by atoms with Crippen molar-refractivity contribution in [2.24, 2.45) is 0 Å². The Morgan fingerprint density at radius 2 is 2.29 bits per heavy atom. The Balaban J connectivity index is 2.16. The van der Waals surface area contributed by atoms with E-state index in [0.717, 1.165) is 30.9 Å². The van der Waals surface area contributed by atoms with Crippen LogP contribution in [0.25, 0.3) is 11.2 Å². The molecule has 6 nitrogen and oxygen atoms in total. The quantitative estimate of drug-likeness (QED) is 0.816. The minimum atomic E-state index is -0.206. The van der Waals surface area contributed by atoms with Gasteiger partial charge >= 0.3 is 0 Å². The minimum absolute atomic E-state index is 0.206. The van der Waals surface area contributed by atoms with Crippen LogP contribution in [-0.4, -0.2) is 39.3 Å². The lowest BCUT2D eigenvalue weighted by Gasteiger charge is -2.29. The van der Waals surface area contributed by atoms with Crippen molar-refractivity contribution in [3.8, 4) is 5.88 Å². The standard InChI is InChI=1S/C14H19ClN4O2/c1-8-6-10(4-5-21-8)19-12(9(2)15)18-11-13(19)16-7-17-14(11)20-3/h7-10H,4-6H2,1-3H3. The molecule has 1 aliphatic heterocycles. The largest absolute Gasteiger partial charge is 0.479 e. The molecule has 0 bridgehead atoms. The molecule has 3 heterocycles. The third-order valence-corrected chi connectivity index (χ3v) is 4.04. The van der Waals surface area contributed by atoms with Crippen molar-refractivity contribution < 1.29 is 9.47 Å². The molecule has 0 spiro atoms. The van der Waals surface area contributed by atoms with E-state index >= 15 is 0 Å². The zero-order valence-corrected chi connectivity index (χ0v) is 13.2. The normalized spacial score (nSPS) is 24.2. The van der Waals surface area contributed by atoms with Crippen molar-refractivity contribution in [3.05, 3.63) is 12.2 Å². The molecule has 0 aromatic carbocycles. The second kappa shape index (κ2) is 5.77. The molecule has 1 saturated heterocycles. The van der Waals surface area contributed by atoms with Gasteiger partial charge in [0.15, 0.2) is 11.2 Å². The third-order valence-electron chi connectivity index (χ3n) is 3.84. The van der Waals surface area contributed by atoms with Crippen LogP contribution >= 0.6 is 11.6 Å². The first-order chi connectivity index (χ1) is 10.1. The highest BCUT2D eigenvalue weighted by atomic mass is 35.5. The van der Waals surface area contributed by atoms with E-state index in [1.54, 1.807) is 7.11 Å². The predicted molar refractivity (Wildman–Crippen MR) is 79.8 cm³/mol. The van der Waals surface area contributed by atoms with Crippen LogP contribution in [0.4, 0.5) is 0 Å². The van der Waals surface area contributed by atoms with Gasteiger partial charge in [-0.15, -0.1) is 11.6 Å². The van der Waals surface area contributed by atoms with Crippen molar-refractivity contribution in [3.63, 3.8) is 0 Å². The van der Waals surface area contributed by atoms with Crippen molar-refractivity contribution in [2.45, 2.75) is 44.2 Å². The highest BCUT2D eigenvalue weighted by molar-refractivity contribution is 6.20. The molecule has 3 unspecified atom stereocenters. The van der Waals surface area contributed by atoms with E-state index in [0.29, 0.717) is 11.4 Å². The summed E-state index contributed by atoms with van der Waals surface area (Å²) in [6.45, 7) is 4.75. The van der Waals surface area contributed by atoms with Crippen LogP contribution in [0.5, 0.6) is 5.88 Å². The maximum Gasteiger partial charge on any atom is 0.245 e. The molecule has 7 heteroatoms. The monoisotopic (exact) mass is 310 g/mol. The molecule has 0 radical (unpaired) electrons. The van der Waals surface area contributed by atoms with E-state index in [9.17, 15) is 0 Å². The summed E-state index contributed by atoms with van der Waals surface area (Å²) in [6, 6.07) is 0.287. The van der Waals surface area contributed by atoms with E-state index < -0.39 is 0 Å². The summed E-state index contributed by atoms with van der Waals surface area (Å²) in [6.07, 6.45) is 3.58. The fourth-order valence-corrected chi connectivity index (χ4v) is 3.06. The van der Waals surface area contributed by atoms with Gasteiger partial charge in [-0.25, -0.2) is 9.97 Å². The number of methoxy groups -OCH3 is 1. The van der Waals surface area contributed by atoms with Crippen LogP contribution in [0.2, 0.25) is 0 Å². The van der Waals surface area contributed by atoms with Crippen LogP contribution in [-0.2, 0) is 4.74 Å². The molecule has 1 fully saturated rings. The summed E-state index contributed by atoms with van der Waals surface area (Å²) in [5.41, 5.74) is 1.45. The van der Waals surface area contributed by atoms with Gasteiger partial charge in [-0.3, -0.25) is 0 Å². The molecule has 2 aromatic heterocycles. The number of aromatic nitrogens is 4. The van der Waals surface area contributed by atoms with Crippen LogP contribution in [0.1, 0.15) is 43.9 Å². The van der Waals surface area contributed by atoms with Gasteiger partial charge in [-0.1, -0.05) is 0 Å². The second-order valence-corrected chi connectivity index (χ2v) is 6.03. The first kappa shape index (κ1) is 14.5. The average Bonchev–Trinajstić information content (AvgIpc) is 2.86. The number of alkyl halides is 1. The highest BCUT2D eigenvalue weighted by Gasteiger charge is 2.28. The number of imidazole rings is 1. The lowest BCUT2D eigenvalue weighted by Crippen LogP contribution is -2.26. The number of halogens is 1. The van der Waals surface area contributed by atoms with Crippen molar-refractivity contribution in [2.75, 3.05) is 13.7 Å². The Kier molecular flexibility index (Phi) is 3.99. The van der Waals surface area contributed by atoms with Gasteiger partial charge in [-0.05, 0) is 26.7 Å². The summed E-state index contributed by atoms with van der Waals surface area (Å²) >= 11 is 6.33. The number of rotatable bonds is 3. The van der Waals surface area contributed by atoms with E-state index in [1.807, 2.05) is 6.92 Å². The van der Waals surface area contributed by atoms with Gasteiger partial charge in [0.2, 0.25) is 5.88 Å². The zero-order valence-electron chi connectivity index (χ0n) is 12.4. The molecule has 0 saturated carbocycles. The van der Waals surface area contributed by atoms with Crippen LogP contribution < -0.4 is 4.74 Å². The molecule has 2 aromatic rings. The van der Waals surface area contributed by atoms with Gasteiger partial charge in [0.1, 0.15) is 12.2 Å². The average molecular weight is 311 g/mol. The summed E-state index contributed by atoms with van der Waals surface area (Å²) < 4.78 is 13.1. The van der Waals surface area contributed by atoms with Gasteiger partial charge in [-0.2, -0.15) is 4.98 Å². The Labute approximate surface area is 128 Å². The fourth-order valence-electron chi connectivity index (χ4n) is 2.90. The van der Waals surface area contributed by atoms with Crippen molar-refractivity contribution >= 4 is 22.8 Å². The van der Waals surface area contributed by atoms with E-state index in [-0.39, 0.29) is 17.5 Å². The number of hydrogen-bond donors (Lipinski definition) is 0. The summed E-state index contributed by atoms with van der Waals surface area (Å²) in [5, 5.41) is -0.206. The summed E-state index contributed by atoms with van der Waals surface area (Å²) in [5.74, 6) is 1.29. The molecule has 3 atom stereocenters. The van der Waals surface area contributed by atoms with Gasteiger partial charge in [0.25, 0.3) is 0 Å². The fraction of sp³-hybridized carbons (Fsp3) is 0.643. The van der Waals surface area contributed by atoms with E-state index in [2.05, 4.69) is 26.4 Å². The maximum absolute atomic E-state index is 6.33. The molecule has 3 rings (SSSR count). The number of hydrogen-bond acceptors (Lipinski definition) is 5. The van der Waals surface area contributed by atoms with Crippen LogP contribution in [0, 0.1) is 0 Å². The van der Waals surface area contributed by atoms with Crippen molar-refractivity contribution in [1.29, 1.82) is 0 Å². The predicted octanol–water partition coefficient (Wildman–Crippen LogP) is 2.87. The first-order valence-electron chi connectivity index (χ1n) is 7.14. The smallest absolute Gasteiger partial charge is 0.245 e. The number of nitrogens with zero attached hydrogens (tertiary/aromatic N) is 4. The molecule has 1 aliphatic rings. The van der Waals surface area contributed by atoms with Crippen LogP contribution in [0.15, 0.2) is 6.33 Å². The minimum Gasteiger partial charge on any atom is -0.479 e. The van der Waals surface area contributed by atoms with Gasteiger partial charge < -0.3 is 14.0 Å².